The van der Waals surface area contributed by atoms with E-state index in [1.165, 1.54) is 21.8 Å². The molecule has 0 unspecified atom stereocenters. The molecule has 0 saturated carbocycles. The minimum Gasteiger partial charge on any atom is -0.480 e. The maximum absolute atomic E-state index is 12.5. The first kappa shape index (κ1) is 18.1. The van der Waals surface area contributed by atoms with Crippen LogP contribution in [0, 0.1) is 0 Å². The van der Waals surface area contributed by atoms with Crippen LogP contribution in [-0.2, 0) is 16.0 Å². The Balaban J connectivity index is 1.44. The van der Waals surface area contributed by atoms with E-state index >= 15 is 0 Å². The van der Waals surface area contributed by atoms with Gasteiger partial charge in [-0.05, 0) is 24.1 Å². The van der Waals surface area contributed by atoms with Gasteiger partial charge in [-0.1, -0.05) is 31.2 Å². The number of benzene rings is 1. The van der Waals surface area contributed by atoms with Crippen LogP contribution in [0.3, 0.4) is 0 Å². The second kappa shape index (κ2) is 7.77. The van der Waals surface area contributed by atoms with Crippen molar-refractivity contribution in [1.82, 2.24) is 9.97 Å². The molecule has 2 amide bonds. The number of ether oxygens (including phenoxy) is 1. The minimum atomic E-state index is -0.339. The molecular formula is C20H18N4O3S. The first-order valence-electron chi connectivity index (χ1n) is 8.87. The predicted octanol–water partition coefficient (Wildman–Crippen LogP) is 3.13. The summed E-state index contributed by atoms with van der Waals surface area (Å²) in [5.41, 5.74) is 3.06. The van der Waals surface area contributed by atoms with Gasteiger partial charge in [0.1, 0.15) is 6.54 Å². The third kappa shape index (κ3) is 3.72. The Kier molecular flexibility index (Phi) is 5.03. The Morgan fingerprint density at radius 2 is 2.11 bits per heavy atom. The SMILES string of the molecule is CCc1ccc(-c2csc(NC(=O)CN3C(=O)COc4cccnc43)n2)cc1. The fraction of sp³-hybridized carbons (Fsp3) is 0.200. The van der Waals surface area contributed by atoms with Gasteiger partial charge in [-0.2, -0.15) is 0 Å². The molecule has 0 spiro atoms. The van der Waals surface area contributed by atoms with Gasteiger partial charge in [0.2, 0.25) is 5.91 Å². The van der Waals surface area contributed by atoms with Crippen molar-refractivity contribution in [3.05, 3.63) is 53.5 Å². The summed E-state index contributed by atoms with van der Waals surface area (Å²) in [4.78, 5) is 34.6. The summed E-state index contributed by atoms with van der Waals surface area (Å²) in [6.45, 7) is 1.85. The number of anilines is 2. The first-order valence-corrected chi connectivity index (χ1v) is 9.75. The highest BCUT2D eigenvalue weighted by Gasteiger charge is 2.28. The highest BCUT2D eigenvalue weighted by atomic mass is 32.1. The topological polar surface area (TPSA) is 84.4 Å². The third-order valence-electron chi connectivity index (χ3n) is 4.37. The minimum absolute atomic E-state index is 0.110. The second-order valence-electron chi connectivity index (χ2n) is 6.23. The van der Waals surface area contributed by atoms with E-state index in [0.29, 0.717) is 16.7 Å². The summed E-state index contributed by atoms with van der Waals surface area (Å²) in [6.07, 6.45) is 2.54. The van der Waals surface area contributed by atoms with Crippen molar-refractivity contribution in [3.8, 4) is 17.0 Å². The molecule has 3 heterocycles. The lowest BCUT2D eigenvalue weighted by molar-refractivity contribution is -0.123. The molecular weight excluding hydrogens is 376 g/mol. The molecule has 4 rings (SSSR count). The summed E-state index contributed by atoms with van der Waals surface area (Å²) < 4.78 is 5.34. The average molecular weight is 394 g/mol. The number of amides is 2. The molecule has 0 fully saturated rings. The maximum Gasteiger partial charge on any atom is 0.266 e. The van der Waals surface area contributed by atoms with Crippen LogP contribution >= 0.6 is 11.3 Å². The van der Waals surface area contributed by atoms with Gasteiger partial charge < -0.3 is 10.1 Å². The van der Waals surface area contributed by atoms with Gasteiger partial charge >= 0.3 is 0 Å². The number of nitrogens with one attached hydrogen (secondary N) is 1. The summed E-state index contributed by atoms with van der Waals surface area (Å²) in [5.74, 6) is 0.193. The van der Waals surface area contributed by atoms with Gasteiger partial charge in [0.25, 0.3) is 5.91 Å². The number of hydrogen-bond donors (Lipinski definition) is 1. The second-order valence-corrected chi connectivity index (χ2v) is 7.09. The van der Waals surface area contributed by atoms with Gasteiger partial charge in [0.05, 0.1) is 5.69 Å². The number of aromatic nitrogens is 2. The zero-order valence-electron chi connectivity index (χ0n) is 15.2. The Morgan fingerprint density at radius 3 is 2.89 bits per heavy atom. The number of carbonyl (C=O) groups excluding carboxylic acids is 2. The van der Waals surface area contributed by atoms with Crippen LogP contribution in [0.25, 0.3) is 11.3 Å². The van der Waals surface area contributed by atoms with Crippen molar-refractivity contribution in [3.63, 3.8) is 0 Å². The average Bonchev–Trinajstić information content (AvgIpc) is 3.18. The maximum atomic E-state index is 12.5. The van der Waals surface area contributed by atoms with Gasteiger partial charge in [-0.15, -0.1) is 11.3 Å². The van der Waals surface area contributed by atoms with Crippen molar-refractivity contribution in [1.29, 1.82) is 0 Å². The van der Waals surface area contributed by atoms with Crippen molar-refractivity contribution in [2.45, 2.75) is 13.3 Å². The zero-order chi connectivity index (χ0) is 19.5. The van der Waals surface area contributed by atoms with E-state index in [0.717, 1.165) is 17.7 Å². The smallest absolute Gasteiger partial charge is 0.266 e. The number of rotatable bonds is 5. The number of thiazole rings is 1. The van der Waals surface area contributed by atoms with Crippen LogP contribution in [0.2, 0.25) is 0 Å². The third-order valence-corrected chi connectivity index (χ3v) is 5.13. The first-order chi connectivity index (χ1) is 13.6. The molecule has 0 aliphatic carbocycles. The van der Waals surface area contributed by atoms with Crippen LogP contribution in [0.15, 0.2) is 48.0 Å². The molecule has 142 valence electrons. The lowest BCUT2D eigenvalue weighted by Gasteiger charge is -2.27. The summed E-state index contributed by atoms with van der Waals surface area (Å²) in [6, 6.07) is 11.6. The summed E-state index contributed by atoms with van der Waals surface area (Å²) in [5, 5.41) is 5.14. The zero-order valence-corrected chi connectivity index (χ0v) is 16.0. The monoisotopic (exact) mass is 394 g/mol. The van der Waals surface area contributed by atoms with E-state index in [2.05, 4.69) is 34.3 Å². The highest BCUT2D eigenvalue weighted by molar-refractivity contribution is 7.14. The molecule has 2 aromatic heterocycles. The highest BCUT2D eigenvalue weighted by Crippen LogP contribution is 2.29. The molecule has 1 aromatic carbocycles. The quantitative estimate of drug-likeness (QED) is 0.719. The number of pyridine rings is 1. The van der Waals surface area contributed by atoms with Gasteiger partial charge in [0, 0.05) is 17.1 Å². The molecule has 28 heavy (non-hydrogen) atoms. The van der Waals surface area contributed by atoms with Crippen LogP contribution in [0.5, 0.6) is 5.75 Å². The van der Waals surface area contributed by atoms with Crippen LogP contribution in [-0.4, -0.2) is 34.9 Å². The van der Waals surface area contributed by atoms with Crippen molar-refractivity contribution in [2.24, 2.45) is 0 Å². The summed E-state index contributed by atoms with van der Waals surface area (Å²) >= 11 is 1.34. The van der Waals surface area contributed by atoms with E-state index in [-0.39, 0.29) is 25.0 Å². The number of fused-ring (bicyclic) bond motifs is 1. The molecule has 3 aromatic rings. The van der Waals surface area contributed by atoms with Crippen molar-refractivity contribution in [2.75, 3.05) is 23.4 Å². The molecule has 7 nitrogen and oxygen atoms in total. The van der Waals surface area contributed by atoms with Crippen molar-refractivity contribution >= 4 is 34.1 Å². The van der Waals surface area contributed by atoms with E-state index in [1.807, 2.05) is 17.5 Å². The van der Waals surface area contributed by atoms with E-state index < -0.39 is 0 Å². The number of aryl methyl sites for hydroxylation is 1. The largest absolute Gasteiger partial charge is 0.480 e. The lowest BCUT2D eigenvalue weighted by atomic mass is 10.1. The normalized spacial score (nSPS) is 13.0. The van der Waals surface area contributed by atoms with E-state index in [1.54, 1.807) is 18.3 Å². The molecule has 1 aliphatic heterocycles. The fourth-order valence-corrected chi connectivity index (χ4v) is 3.61. The van der Waals surface area contributed by atoms with Crippen molar-refractivity contribution < 1.29 is 14.3 Å². The Hall–Kier alpha value is -3.26. The Bertz CT molecular complexity index is 1020. The molecule has 8 heteroatoms. The lowest BCUT2D eigenvalue weighted by Crippen LogP contribution is -2.43. The number of carbonyl (C=O) groups is 2. The molecule has 0 radical (unpaired) electrons. The van der Waals surface area contributed by atoms with E-state index in [4.69, 9.17) is 4.74 Å². The van der Waals surface area contributed by atoms with Gasteiger partial charge in [-0.3, -0.25) is 14.5 Å². The summed E-state index contributed by atoms with van der Waals surface area (Å²) in [7, 11) is 0. The molecule has 1 N–H and O–H groups in total. The van der Waals surface area contributed by atoms with Crippen LogP contribution < -0.4 is 15.0 Å². The predicted molar refractivity (Wildman–Crippen MR) is 108 cm³/mol. The number of hydrogen-bond acceptors (Lipinski definition) is 6. The molecule has 1 aliphatic rings. The standard InChI is InChI=1S/C20H18N4O3S/c1-2-13-5-7-14(8-6-13)15-12-28-20(22-15)23-17(25)10-24-18(26)11-27-16-4-3-9-21-19(16)24/h3-9,12H,2,10-11H2,1H3,(H,22,23,25). The molecule has 0 atom stereocenters. The van der Waals surface area contributed by atoms with Gasteiger partial charge in [0.15, 0.2) is 23.3 Å². The van der Waals surface area contributed by atoms with Crippen LogP contribution in [0.4, 0.5) is 10.9 Å². The van der Waals surface area contributed by atoms with E-state index in [9.17, 15) is 9.59 Å². The Labute approximate surface area is 166 Å². The van der Waals surface area contributed by atoms with Crippen LogP contribution in [0.1, 0.15) is 12.5 Å². The molecule has 0 saturated heterocycles. The molecule has 0 bridgehead atoms. The Morgan fingerprint density at radius 1 is 1.29 bits per heavy atom. The van der Waals surface area contributed by atoms with Gasteiger partial charge in [-0.25, -0.2) is 9.97 Å². The number of nitrogens with zero attached hydrogens (tertiary/aromatic N) is 3. The fourth-order valence-electron chi connectivity index (χ4n) is 2.87.